The van der Waals surface area contributed by atoms with E-state index in [9.17, 15) is 8.42 Å². The third-order valence-electron chi connectivity index (χ3n) is 2.86. The summed E-state index contributed by atoms with van der Waals surface area (Å²) in [5.41, 5.74) is 6.49. The van der Waals surface area contributed by atoms with Crippen LogP contribution in [0.2, 0.25) is 0 Å². The molecule has 0 heterocycles. The average Bonchev–Trinajstić information content (AvgIpc) is 2.47. The van der Waals surface area contributed by atoms with Crippen LogP contribution in [-0.4, -0.2) is 48.4 Å². The van der Waals surface area contributed by atoms with Gasteiger partial charge in [-0.3, -0.25) is 0 Å². The van der Waals surface area contributed by atoms with E-state index in [1.807, 2.05) is 0 Å². The van der Waals surface area contributed by atoms with E-state index in [0.717, 1.165) is 12.0 Å². The van der Waals surface area contributed by atoms with Crippen molar-refractivity contribution in [1.29, 1.82) is 0 Å². The number of hydrogen-bond donors (Lipinski definition) is 2. The predicted molar refractivity (Wildman–Crippen MR) is 81.7 cm³/mol. The van der Waals surface area contributed by atoms with E-state index in [2.05, 4.69) is 4.72 Å². The maximum Gasteiger partial charge on any atom is 0.240 e. The number of rotatable bonds is 11. The fraction of sp³-hybridized carbons (Fsp3) is 0.571. The topological polar surface area (TPSA) is 90.6 Å². The van der Waals surface area contributed by atoms with Crippen molar-refractivity contribution in [2.75, 3.05) is 40.0 Å². The van der Waals surface area contributed by atoms with Gasteiger partial charge in [-0.05, 0) is 37.1 Å². The molecule has 120 valence electrons. The highest BCUT2D eigenvalue weighted by Crippen LogP contribution is 2.10. The van der Waals surface area contributed by atoms with Crippen LogP contribution >= 0.6 is 0 Å². The van der Waals surface area contributed by atoms with Crippen molar-refractivity contribution in [3.8, 4) is 0 Å². The van der Waals surface area contributed by atoms with Crippen LogP contribution in [0.5, 0.6) is 0 Å². The quantitative estimate of drug-likeness (QED) is 0.581. The van der Waals surface area contributed by atoms with E-state index in [1.165, 1.54) is 0 Å². The van der Waals surface area contributed by atoms with Gasteiger partial charge in [0.15, 0.2) is 0 Å². The lowest BCUT2D eigenvalue weighted by molar-refractivity contribution is 0.0699. The molecule has 0 saturated carbocycles. The molecule has 0 aromatic heterocycles. The zero-order valence-electron chi connectivity index (χ0n) is 12.4. The van der Waals surface area contributed by atoms with E-state index < -0.39 is 10.0 Å². The minimum atomic E-state index is -3.45. The fourth-order valence-electron chi connectivity index (χ4n) is 1.71. The third-order valence-corrected chi connectivity index (χ3v) is 4.33. The van der Waals surface area contributed by atoms with Crippen LogP contribution in [0.4, 0.5) is 0 Å². The molecule has 21 heavy (non-hydrogen) atoms. The van der Waals surface area contributed by atoms with E-state index in [4.69, 9.17) is 15.2 Å². The highest BCUT2D eigenvalue weighted by atomic mass is 32.2. The summed E-state index contributed by atoms with van der Waals surface area (Å²) in [4.78, 5) is 0.267. The molecule has 1 aromatic carbocycles. The molecule has 0 saturated heterocycles. The summed E-state index contributed by atoms with van der Waals surface area (Å²) in [7, 11) is -1.84. The van der Waals surface area contributed by atoms with E-state index in [0.29, 0.717) is 39.3 Å². The van der Waals surface area contributed by atoms with Crippen LogP contribution in [-0.2, 0) is 25.9 Å². The van der Waals surface area contributed by atoms with Gasteiger partial charge in [-0.15, -0.1) is 0 Å². The van der Waals surface area contributed by atoms with Crippen molar-refractivity contribution < 1.29 is 17.9 Å². The summed E-state index contributed by atoms with van der Waals surface area (Å²) in [6.07, 6.45) is 1.36. The lowest BCUT2D eigenvalue weighted by Crippen LogP contribution is -2.25. The van der Waals surface area contributed by atoms with Crippen LogP contribution in [0.15, 0.2) is 29.2 Å². The van der Waals surface area contributed by atoms with E-state index in [-0.39, 0.29) is 4.90 Å². The van der Waals surface area contributed by atoms with Crippen LogP contribution in [0.3, 0.4) is 0 Å². The van der Waals surface area contributed by atoms with E-state index >= 15 is 0 Å². The van der Waals surface area contributed by atoms with Gasteiger partial charge in [0.2, 0.25) is 10.0 Å². The SMILES string of the molecule is COCCOCCCNS(=O)(=O)c1ccc(CCN)cc1. The third kappa shape index (κ3) is 7.01. The zero-order valence-corrected chi connectivity index (χ0v) is 13.2. The average molecular weight is 316 g/mol. The molecular weight excluding hydrogens is 292 g/mol. The van der Waals surface area contributed by atoms with Gasteiger partial charge < -0.3 is 15.2 Å². The lowest BCUT2D eigenvalue weighted by atomic mass is 10.2. The predicted octanol–water partition coefficient (Wildman–Crippen LogP) is 0.519. The molecule has 0 unspecified atom stereocenters. The standard InChI is InChI=1S/C14H24N2O4S/c1-19-11-12-20-10-2-9-16-21(17,18)14-5-3-13(4-6-14)7-8-15/h3-6,16H,2,7-12,15H2,1H3. The Labute approximate surface area is 126 Å². The molecule has 0 aliphatic carbocycles. The molecule has 0 spiro atoms. The molecule has 6 nitrogen and oxygen atoms in total. The first kappa shape index (κ1) is 18.1. The molecular formula is C14H24N2O4S. The van der Waals surface area contributed by atoms with Crippen molar-refractivity contribution >= 4 is 10.0 Å². The van der Waals surface area contributed by atoms with Gasteiger partial charge in [0, 0.05) is 20.3 Å². The second kappa shape index (κ2) is 9.86. The second-order valence-electron chi connectivity index (χ2n) is 4.54. The molecule has 0 atom stereocenters. The molecule has 0 radical (unpaired) electrons. The zero-order chi connectivity index (χ0) is 15.6. The van der Waals surface area contributed by atoms with Gasteiger partial charge in [-0.1, -0.05) is 12.1 Å². The number of benzene rings is 1. The monoisotopic (exact) mass is 316 g/mol. The molecule has 1 rings (SSSR count). The lowest BCUT2D eigenvalue weighted by Gasteiger charge is -2.08. The number of nitrogens with two attached hydrogens (primary N) is 1. The van der Waals surface area contributed by atoms with Gasteiger partial charge in [-0.2, -0.15) is 0 Å². The number of ether oxygens (including phenoxy) is 2. The number of nitrogens with one attached hydrogen (secondary N) is 1. The van der Waals surface area contributed by atoms with Crippen LogP contribution in [0, 0.1) is 0 Å². The Morgan fingerprint density at radius 3 is 2.48 bits per heavy atom. The van der Waals surface area contributed by atoms with Crippen molar-refractivity contribution in [2.24, 2.45) is 5.73 Å². The van der Waals surface area contributed by atoms with Gasteiger partial charge >= 0.3 is 0 Å². The molecule has 3 N–H and O–H groups in total. The largest absolute Gasteiger partial charge is 0.382 e. The van der Waals surface area contributed by atoms with Gasteiger partial charge in [-0.25, -0.2) is 13.1 Å². The molecule has 7 heteroatoms. The number of hydrogen-bond acceptors (Lipinski definition) is 5. The Bertz CT molecular complexity index is 488. The summed E-state index contributed by atoms with van der Waals surface area (Å²) in [5, 5.41) is 0. The summed E-state index contributed by atoms with van der Waals surface area (Å²) in [5.74, 6) is 0. The van der Waals surface area contributed by atoms with Crippen LogP contribution < -0.4 is 10.5 Å². The Hall–Kier alpha value is -0.990. The number of methoxy groups -OCH3 is 1. The summed E-state index contributed by atoms with van der Waals surface area (Å²) in [6, 6.07) is 6.77. The van der Waals surface area contributed by atoms with Crippen molar-refractivity contribution in [2.45, 2.75) is 17.7 Å². The van der Waals surface area contributed by atoms with Crippen molar-refractivity contribution in [3.63, 3.8) is 0 Å². The maximum absolute atomic E-state index is 12.0. The first-order valence-electron chi connectivity index (χ1n) is 6.95. The molecule has 0 bridgehead atoms. The van der Waals surface area contributed by atoms with Gasteiger partial charge in [0.25, 0.3) is 0 Å². The number of sulfonamides is 1. The van der Waals surface area contributed by atoms with Gasteiger partial charge in [0.05, 0.1) is 18.1 Å². The Balaban J connectivity index is 2.35. The van der Waals surface area contributed by atoms with E-state index in [1.54, 1.807) is 31.4 Å². The van der Waals surface area contributed by atoms with Crippen molar-refractivity contribution in [3.05, 3.63) is 29.8 Å². The first-order chi connectivity index (χ1) is 10.1. The van der Waals surface area contributed by atoms with Gasteiger partial charge in [0.1, 0.15) is 0 Å². The Kier molecular flexibility index (Phi) is 8.48. The highest BCUT2D eigenvalue weighted by Gasteiger charge is 2.12. The summed E-state index contributed by atoms with van der Waals surface area (Å²) in [6.45, 7) is 2.46. The molecule has 0 fully saturated rings. The molecule has 0 amide bonds. The smallest absolute Gasteiger partial charge is 0.240 e. The normalized spacial score (nSPS) is 11.7. The van der Waals surface area contributed by atoms with Crippen LogP contribution in [0.1, 0.15) is 12.0 Å². The molecule has 1 aromatic rings. The minimum absolute atomic E-state index is 0.267. The van der Waals surface area contributed by atoms with Crippen LogP contribution in [0.25, 0.3) is 0 Å². The Morgan fingerprint density at radius 1 is 1.14 bits per heavy atom. The fourth-order valence-corrected chi connectivity index (χ4v) is 2.78. The minimum Gasteiger partial charge on any atom is -0.382 e. The van der Waals surface area contributed by atoms with Crippen molar-refractivity contribution in [1.82, 2.24) is 4.72 Å². The molecule has 0 aliphatic rings. The summed E-state index contributed by atoms with van der Waals surface area (Å²) >= 11 is 0. The first-order valence-corrected chi connectivity index (χ1v) is 8.44. The maximum atomic E-state index is 12.0. The molecule has 0 aliphatic heterocycles. The second-order valence-corrected chi connectivity index (χ2v) is 6.31. The highest BCUT2D eigenvalue weighted by molar-refractivity contribution is 7.89. The Morgan fingerprint density at radius 2 is 1.86 bits per heavy atom. The summed E-state index contributed by atoms with van der Waals surface area (Å²) < 4.78 is 36.7.